The molecule has 0 saturated heterocycles. The number of carboxylic acids is 1. The first kappa shape index (κ1) is 27.2. The van der Waals surface area contributed by atoms with Crippen molar-refractivity contribution in [3.05, 3.63) is 0 Å². The van der Waals surface area contributed by atoms with Gasteiger partial charge in [0.1, 0.15) is 18.1 Å². The molecule has 0 fully saturated rings. The van der Waals surface area contributed by atoms with E-state index in [1.54, 1.807) is 13.8 Å². The topological polar surface area (TPSA) is 234 Å². The maximum absolute atomic E-state index is 12.4. The fourth-order valence-corrected chi connectivity index (χ4v) is 2.23. The van der Waals surface area contributed by atoms with Crippen LogP contribution in [0.5, 0.6) is 0 Å². The van der Waals surface area contributed by atoms with Gasteiger partial charge in [-0.25, -0.2) is 4.79 Å². The molecule has 0 saturated carbocycles. The van der Waals surface area contributed by atoms with E-state index in [-0.39, 0.29) is 18.8 Å². The number of nitrogens with one attached hydrogen (secondary N) is 3. The third kappa shape index (κ3) is 9.15. The summed E-state index contributed by atoms with van der Waals surface area (Å²) in [6.45, 7) is 3.73. The van der Waals surface area contributed by atoms with Crippen molar-refractivity contribution in [3.63, 3.8) is 0 Å². The van der Waals surface area contributed by atoms with Gasteiger partial charge >= 0.3 is 5.97 Å². The zero-order valence-corrected chi connectivity index (χ0v) is 17.1. The summed E-state index contributed by atoms with van der Waals surface area (Å²) >= 11 is 0. The number of aliphatic hydroxyl groups excluding tert-OH is 2. The third-order valence-electron chi connectivity index (χ3n) is 4.19. The molecule has 4 amide bonds. The van der Waals surface area contributed by atoms with Gasteiger partial charge in [-0.15, -0.1) is 0 Å². The van der Waals surface area contributed by atoms with Gasteiger partial charge < -0.3 is 42.7 Å². The molecule has 13 heteroatoms. The van der Waals surface area contributed by atoms with Crippen LogP contribution >= 0.6 is 0 Å². The minimum atomic E-state index is -1.60. The van der Waals surface area contributed by atoms with Gasteiger partial charge in [0, 0.05) is 6.42 Å². The van der Waals surface area contributed by atoms with Gasteiger partial charge in [-0.1, -0.05) is 13.8 Å². The predicted molar refractivity (Wildman–Crippen MR) is 103 cm³/mol. The molecule has 0 aliphatic rings. The number of aliphatic carboxylic acids is 1. The summed E-state index contributed by atoms with van der Waals surface area (Å²) in [5.74, 6) is -5.18. The van der Waals surface area contributed by atoms with Crippen LogP contribution in [0.3, 0.4) is 0 Å². The summed E-state index contributed by atoms with van der Waals surface area (Å²) in [7, 11) is 0. The van der Waals surface area contributed by atoms with Crippen LogP contribution in [0.1, 0.15) is 33.6 Å². The molecule has 5 unspecified atom stereocenters. The maximum atomic E-state index is 12.4. The van der Waals surface area contributed by atoms with Crippen molar-refractivity contribution in [2.24, 2.45) is 17.4 Å². The van der Waals surface area contributed by atoms with E-state index in [1.165, 1.54) is 6.92 Å². The average Bonchev–Trinajstić information content (AvgIpc) is 2.65. The van der Waals surface area contributed by atoms with E-state index in [4.69, 9.17) is 16.6 Å². The van der Waals surface area contributed by atoms with Crippen molar-refractivity contribution >= 4 is 29.6 Å². The highest BCUT2D eigenvalue weighted by molar-refractivity contribution is 5.94. The standard InChI is InChI=1S/C17H31N5O8/c1-7(2)12(19)15(27)21-10(6-23)14(26)22-13(8(3)24)16(28)20-9(17(29)30)4-5-11(18)25/h7-10,12-13,23-24H,4-6,19H2,1-3H3,(H2,18,25)(H,20,28)(H,21,27)(H,22,26)(H,29,30). The lowest BCUT2D eigenvalue weighted by Gasteiger charge is -2.26. The van der Waals surface area contributed by atoms with Crippen molar-refractivity contribution in [2.75, 3.05) is 6.61 Å². The number of carboxylic acid groups (broad SMARTS) is 1. The minimum Gasteiger partial charge on any atom is -0.480 e. The van der Waals surface area contributed by atoms with Crippen molar-refractivity contribution in [1.82, 2.24) is 16.0 Å². The van der Waals surface area contributed by atoms with Gasteiger partial charge in [-0.2, -0.15) is 0 Å². The van der Waals surface area contributed by atoms with E-state index in [0.29, 0.717) is 0 Å². The Hall–Kier alpha value is -2.77. The highest BCUT2D eigenvalue weighted by Gasteiger charge is 2.32. The Morgan fingerprint density at radius 1 is 0.900 bits per heavy atom. The van der Waals surface area contributed by atoms with Crippen LogP contribution in [0, 0.1) is 5.92 Å². The molecule has 0 aromatic heterocycles. The van der Waals surface area contributed by atoms with Crippen LogP contribution in [0.4, 0.5) is 0 Å². The molecule has 0 bridgehead atoms. The Morgan fingerprint density at radius 3 is 1.83 bits per heavy atom. The van der Waals surface area contributed by atoms with Crippen LogP contribution < -0.4 is 27.4 Å². The Labute approximate surface area is 173 Å². The number of nitrogens with two attached hydrogens (primary N) is 2. The molecule has 0 aromatic rings. The van der Waals surface area contributed by atoms with E-state index in [1.807, 2.05) is 0 Å². The van der Waals surface area contributed by atoms with Crippen LogP contribution in [0.2, 0.25) is 0 Å². The largest absolute Gasteiger partial charge is 0.480 e. The predicted octanol–water partition coefficient (Wildman–Crippen LogP) is -3.85. The lowest BCUT2D eigenvalue weighted by atomic mass is 10.0. The van der Waals surface area contributed by atoms with Gasteiger partial charge in [0.2, 0.25) is 23.6 Å². The van der Waals surface area contributed by atoms with E-state index < -0.39 is 66.5 Å². The molecule has 0 aliphatic heterocycles. The molecule has 0 aromatic carbocycles. The molecule has 0 rings (SSSR count). The number of carbonyl (C=O) groups excluding carboxylic acids is 4. The second-order valence-corrected chi connectivity index (χ2v) is 7.14. The molecule has 172 valence electrons. The van der Waals surface area contributed by atoms with Crippen molar-refractivity contribution in [3.8, 4) is 0 Å². The molecular formula is C17H31N5O8. The number of hydrogen-bond acceptors (Lipinski definition) is 8. The van der Waals surface area contributed by atoms with Crippen molar-refractivity contribution in [1.29, 1.82) is 0 Å². The summed E-state index contributed by atoms with van der Waals surface area (Å²) in [6, 6.07) is -5.48. The van der Waals surface area contributed by atoms with Gasteiger partial charge in [-0.05, 0) is 19.3 Å². The number of carbonyl (C=O) groups is 5. The fourth-order valence-electron chi connectivity index (χ4n) is 2.23. The number of primary amides is 1. The number of amides is 4. The zero-order valence-electron chi connectivity index (χ0n) is 17.1. The zero-order chi connectivity index (χ0) is 23.6. The Bertz CT molecular complexity index is 640. The molecule has 0 radical (unpaired) electrons. The highest BCUT2D eigenvalue weighted by Crippen LogP contribution is 2.02. The van der Waals surface area contributed by atoms with Crippen LogP contribution in [-0.2, 0) is 24.0 Å². The summed E-state index contributed by atoms with van der Waals surface area (Å²) in [4.78, 5) is 58.8. The Balaban J connectivity index is 5.20. The van der Waals surface area contributed by atoms with Crippen molar-refractivity contribution < 1.29 is 39.3 Å². The summed E-state index contributed by atoms with van der Waals surface area (Å²) in [5.41, 5.74) is 10.6. The molecule has 5 atom stereocenters. The molecule has 13 nitrogen and oxygen atoms in total. The average molecular weight is 433 g/mol. The normalized spacial score (nSPS) is 16.0. The van der Waals surface area contributed by atoms with Gasteiger partial charge in [0.15, 0.2) is 0 Å². The number of rotatable bonds is 13. The lowest BCUT2D eigenvalue weighted by Crippen LogP contribution is -2.60. The second-order valence-electron chi connectivity index (χ2n) is 7.14. The SMILES string of the molecule is CC(C)C(N)C(=O)NC(CO)C(=O)NC(C(=O)NC(CCC(N)=O)C(=O)O)C(C)O. The van der Waals surface area contributed by atoms with E-state index in [2.05, 4.69) is 16.0 Å². The quantitative estimate of drug-likeness (QED) is 0.142. The van der Waals surface area contributed by atoms with Crippen LogP contribution in [0.15, 0.2) is 0 Å². The molecule has 10 N–H and O–H groups in total. The highest BCUT2D eigenvalue weighted by atomic mass is 16.4. The summed E-state index contributed by atoms with van der Waals surface area (Å²) in [5, 5.41) is 34.9. The van der Waals surface area contributed by atoms with Gasteiger partial charge in [0.05, 0.1) is 18.8 Å². The molecular weight excluding hydrogens is 402 g/mol. The first-order chi connectivity index (χ1) is 13.8. The van der Waals surface area contributed by atoms with Gasteiger partial charge in [0.25, 0.3) is 0 Å². The number of aliphatic hydroxyl groups is 2. The molecule has 0 aliphatic carbocycles. The van der Waals surface area contributed by atoms with Crippen LogP contribution in [-0.4, -0.2) is 81.8 Å². The third-order valence-corrected chi connectivity index (χ3v) is 4.19. The minimum absolute atomic E-state index is 0.239. The lowest BCUT2D eigenvalue weighted by molar-refractivity contribution is -0.143. The van der Waals surface area contributed by atoms with Crippen molar-refractivity contribution in [2.45, 2.75) is 63.9 Å². The molecule has 30 heavy (non-hydrogen) atoms. The Kier molecular flexibility index (Phi) is 11.5. The fraction of sp³-hybridized carbons (Fsp3) is 0.706. The first-order valence-electron chi connectivity index (χ1n) is 9.28. The Morgan fingerprint density at radius 2 is 1.43 bits per heavy atom. The maximum Gasteiger partial charge on any atom is 0.326 e. The monoisotopic (exact) mass is 433 g/mol. The van der Waals surface area contributed by atoms with Gasteiger partial charge in [-0.3, -0.25) is 19.2 Å². The molecule has 0 heterocycles. The number of hydrogen-bond donors (Lipinski definition) is 8. The van der Waals surface area contributed by atoms with E-state index >= 15 is 0 Å². The summed E-state index contributed by atoms with van der Waals surface area (Å²) in [6.07, 6.45) is -2.05. The van der Waals surface area contributed by atoms with E-state index in [9.17, 15) is 34.2 Å². The van der Waals surface area contributed by atoms with Crippen LogP contribution in [0.25, 0.3) is 0 Å². The second kappa shape index (κ2) is 12.7. The molecule has 0 spiro atoms. The smallest absolute Gasteiger partial charge is 0.326 e. The first-order valence-corrected chi connectivity index (χ1v) is 9.28. The summed E-state index contributed by atoms with van der Waals surface area (Å²) < 4.78 is 0. The van der Waals surface area contributed by atoms with E-state index in [0.717, 1.165) is 0 Å².